The largest absolute Gasteiger partial charge is 0.441 e. The molecule has 5 aliphatic rings. The average molecular weight is 471 g/mol. The molecule has 1 aliphatic heterocycles. The van der Waals surface area contributed by atoms with Crippen molar-refractivity contribution >= 4 is 40.1 Å². The number of carbonyl (C=O) groups is 2. The van der Waals surface area contributed by atoms with Crippen LogP contribution in [0.1, 0.15) is 55.5 Å². The van der Waals surface area contributed by atoms with E-state index in [0.717, 1.165) is 57.3 Å². The Labute approximate surface area is 202 Å². The molecule has 0 unspecified atom stereocenters. The zero-order valence-electron chi connectivity index (χ0n) is 19.1. The van der Waals surface area contributed by atoms with Gasteiger partial charge in [-0.3, -0.25) is 14.9 Å². The van der Waals surface area contributed by atoms with Crippen molar-refractivity contribution in [2.45, 2.75) is 50.9 Å². The number of fused-ring (bicyclic) bond motifs is 1. The van der Waals surface area contributed by atoms with Crippen LogP contribution < -0.4 is 5.32 Å². The molecule has 5 nitrogen and oxygen atoms in total. The number of oxazole rings is 1. The van der Waals surface area contributed by atoms with Gasteiger partial charge >= 0.3 is 0 Å². The Morgan fingerprint density at radius 3 is 2.44 bits per heavy atom. The zero-order valence-corrected chi connectivity index (χ0v) is 19.9. The Hall–Kier alpha value is -2.86. The minimum absolute atomic E-state index is 0.213. The smallest absolute Gasteiger partial charge is 0.290 e. The molecule has 4 bridgehead atoms. The number of aryl methyl sites for hydroxylation is 1. The Balaban J connectivity index is 1.34. The van der Waals surface area contributed by atoms with Crippen LogP contribution in [0.2, 0.25) is 0 Å². The number of amides is 2. The number of aromatic nitrogens is 1. The maximum atomic E-state index is 12.0. The van der Waals surface area contributed by atoms with Crippen molar-refractivity contribution < 1.29 is 14.0 Å². The number of thioether (sulfide) groups is 1. The summed E-state index contributed by atoms with van der Waals surface area (Å²) in [7, 11) is 0. The molecular formula is C28H26N2O3S. The highest BCUT2D eigenvalue weighted by Gasteiger charge is 2.52. The number of hydrogen-bond donors (Lipinski definition) is 1. The van der Waals surface area contributed by atoms with Gasteiger partial charge in [0.2, 0.25) is 0 Å². The van der Waals surface area contributed by atoms with Crippen LogP contribution in [0.25, 0.3) is 28.3 Å². The number of carbonyl (C=O) groups excluding carboxylic acids is 2. The van der Waals surface area contributed by atoms with Crippen molar-refractivity contribution in [3.05, 3.63) is 58.3 Å². The first-order chi connectivity index (χ1) is 16.4. The second-order valence-corrected chi connectivity index (χ2v) is 11.8. The van der Waals surface area contributed by atoms with Crippen LogP contribution in [0.4, 0.5) is 4.79 Å². The van der Waals surface area contributed by atoms with E-state index in [1.807, 2.05) is 19.1 Å². The van der Waals surface area contributed by atoms with Gasteiger partial charge in [0.15, 0.2) is 11.5 Å². The van der Waals surface area contributed by atoms with Gasteiger partial charge in [0.05, 0.1) is 4.91 Å². The van der Waals surface area contributed by atoms with Gasteiger partial charge < -0.3 is 4.42 Å². The second-order valence-electron chi connectivity index (χ2n) is 10.8. The third-order valence-electron chi connectivity index (χ3n) is 8.37. The van der Waals surface area contributed by atoms with Gasteiger partial charge in [0.1, 0.15) is 5.52 Å². The van der Waals surface area contributed by atoms with E-state index in [1.54, 1.807) is 6.08 Å². The van der Waals surface area contributed by atoms with Gasteiger partial charge in [-0.05, 0) is 120 Å². The van der Waals surface area contributed by atoms with E-state index in [4.69, 9.17) is 9.40 Å². The van der Waals surface area contributed by atoms with Crippen LogP contribution in [0.3, 0.4) is 0 Å². The lowest BCUT2D eigenvalue weighted by atomic mass is 9.48. The predicted octanol–water partition coefficient (Wildman–Crippen LogP) is 6.59. The summed E-state index contributed by atoms with van der Waals surface area (Å²) in [6.45, 7) is 1.93. The first-order valence-corrected chi connectivity index (χ1v) is 13.0. The first-order valence-electron chi connectivity index (χ1n) is 12.2. The van der Waals surface area contributed by atoms with Crippen molar-refractivity contribution in [1.29, 1.82) is 0 Å². The Morgan fingerprint density at radius 2 is 1.76 bits per heavy atom. The minimum atomic E-state index is -0.330. The van der Waals surface area contributed by atoms with Crippen LogP contribution in [0.15, 0.2) is 45.7 Å². The molecule has 4 saturated carbocycles. The van der Waals surface area contributed by atoms with Gasteiger partial charge in [-0.1, -0.05) is 18.2 Å². The van der Waals surface area contributed by atoms with Crippen LogP contribution in [0.5, 0.6) is 0 Å². The zero-order chi connectivity index (χ0) is 23.0. The van der Waals surface area contributed by atoms with E-state index >= 15 is 0 Å². The molecule has 6 heteroatoms. The lowest BCUT2D eigenvalue weighted by Crippen LogP contribution is -2.48. The molecule has 2 amide bonds. The van der Waals surface area contributed by atoms with E-state index in [0.29, 0.717) is 10.8 Å². The van der Waals surface area contributed by atoms with Crippen molar-refractivity contribution in [1.82, 2.24) is 10.3 Å². The number of imide groups is 1. The molecule has 2 aromatic carbocycles. The molecule has 0 atom stereocenters. The predicted molar refractivity (Wildman–Crippen MR) is 133 cm³/mol. The Kier molecular flexibility index (Phi) is 4.41. The second kappa shape index (κ2) is 7.32. The maximum Gasteiger partial charge on any atom is 0.290 e. The molecule has 5 fully saturated rings. The molecule has 0 radical (unpaired) electrons. The highest BCUT2D eigenvalue weighted by Crippen LogP contribution is 2.61. The average Bonchev–Trinajstić information content (AvgIpc) is 3.32. The minimum Gasteiger partial charge on any atom is -0.441 e. The molecule has 4 aliphatic carbocycles. The van der Waals surface area contributed by atoms with Gasteiger partial charge in [-0.15, -0.1) is 0 Å². The lowest BCUT2D eigenvalue weighted by Gasteiger charge is -2.57. The number of rotatable bonds is 3. The van der Waals surface area contributed by atoms with Crippen LogP contribution >= 0.6 is 11.8 Å². The summed E-state index contributed by atoms with van der Waals surface area (Å²) in [5.41, 5.74) is 6.58. The fraction of sp³-hybridized carbons (Fsp3) is 0.393. The van der Waals surface area contributed by atoms with Crippen LogP contribution in [-0.4, -0.2) is 16.1 Å². The third-order valence-corrected chi connectivity index (χ3v) is 9.18. The summed E-state index contributed by atoms with van der Waals surface area (Å²) >= 11 is 0.948. The standard InChI is InChI=1S/C28H26N2O3S/c1-15-29-25-22(28-12-17-5-18(13-28)7-19(6-17)14-28)10-21(11-23(25)33-15)20-4-2-3-16(8-20)9-24-26(31)30-27(32)34-24/h2-4,8-11,17-19H,5-7,12-14H2,1H3,(H,30,31,32)/b24-9+. The number of benzene rings is 2. The highest BCUT2D eigenvalue weighted by molar-refractivity contribution is 8.18. The summed E-state index contributed by atoms with van der Waals surface area (Å²) in [6.07, 6.45) is 9.83. The summed E-state index contributed by atoms with van der Waals surface area (Å²) in [4.78, 5) is 28.8. The van der Waals surface area contributed by atoms with Gasteiger partial charge in [0, 0.05) is 6.92 Å². The molecule has 34 heavy (non-hydrogen) atoms. The van der Waals surface area contributed by atoms with E-state index < -0.39 is 0 Å². The first kappa shape index (κ1) is 20.5. The van der Waals surface area contributed by atoms with Crippen molar-refractivity contribution in [2.75, 3.05) is 0 Å². The number of hydrogen-bond acceptors (Lipinski definition) is 5. The highest BCUT2D eigenvalue weighted by atomic mass is 32.2. The van der Waals surface area contributed by atoms with Crippen molar-refractivity contribution in [2.24, 2.45) is 17.8 Å². The maximum absolute atomic E-state index is 12.0. The topological polar surface area (TPSA) is 72.2 Å². The van der Waals surface area contributed by atoms with E-state index in [1.165, 1.54) is 44.1 Å². The van der Waals surface area contributed by atoms with Gasteiger partial charge in [-0.2, -0.15) is 0 Å². The van der Waals surface area contributed by atoms with Crippen molar-refractivity contribution in [3.63, 3.8) is 0 Å². The number of nitrogens with one attached hydrogen (secondary N) is 1. The SMILES string of the molecule is Cc1nc2c(C34CC5CC(CC(C5)C3)C4)cc(-c3cccc(/C=C4/SC(=O)NC4=O)c3)cc2o1. The summed E-state index contributed by atoms with van der Waals surface area (Å²) < 4.78 is 6.08. The molecule has 1 saturated heterocycles. The summed E-state index contributed by atoms with van der Waals surface area (Å²) in [5.74, 6) is 2.94. The summed E-state index contributed by atoms with van der Waals surface area (Å²) in [6, 6.07) is 12.6. The van der Waals surface area contributed by atoms with Crippen LogP contribution in [0, 0.1) is 24.7 Å². The fourth-order valence-corrected chi connectivity index (χ4v) is 8.21. The van der Waals surface area contributed by atoms with E-state index in [2.05, 4.69) is 29.6 Å². The molecule has 172 valence electrons. The van der Waals surface area contributed by atoms with Gasteiger partial charge in [0.25, 0.3) is 11.1 Å². The van der Waals surface area contributed by atoms with Crippen molar-refractivity contribution in [3.8, 4) is 11.1 Å². The normalized spacial score (nSPS) is 31.1. The van der Waals surface area contributed by atoms with E-state index in [9.17, 15) is 9.59 Å². The Bertz CT molecular complexity index is 1370. The quantitative estimate of drug-likeness (QED) is 0.437. The Morgan fingerprint density at radius 1 is 1.03 bits per heavy atom. The fourth-order valence-electron chi connectivity index (χ4n) is 7.53. The molecule has 2 heterocycles. The third kappa shape index (κ3) is 3.26. The molecule has 3 aromatic rings. The molecule has 0 spiro atoms. The lowest BCUT2D eigenvalue weighted by molar-refractivity contribution is -0.115. The van der Waals surface area contributed by atoms with Crippen LogP contribution in [-0.2, 0) is 10.2 Å². The summed E-state index contributed by atoms with van der Waals surface area (Å²) in [5, 5.41) is 2.00. The molecular weight excluding hydrogens is 444 g/mol. The number of nitrogens with zero attached hydrogens (tertiary/aromatic N) is 1. The van der Waals surface area contributed by atoms with E-state index in [-0.39, 0.29) is 16.6 Å². The molecule has 1 aromatic heterocycles. The van der Waals surface area contributed by atoms with Gasteiger partial charge in [-0.25, -0.2) is 4.98 Å². The monoisotopic (exact) mass is 470 g/mol. The molecule has 1 N–H and O–H groups in total. The molecule has 8 rings (SSSR count).